The summed E-state index contributed by atoms with van der Waals surface area (Å²) in [5.74, 6) is 0. The number of hydrogen-bond acceptors (Lipinski definition) is 1. The Morgan fingerprint density at radius 3 is 2.33 bits per heavy atom. The smallest absolute Gasteiger partial charge is 0.00109 e. The molecule has 0 heterocycles. The monoisotopic (exact) mass is 245 g/mol. The first kappa shape index (κ1) is 13.6. The van der Waals surface area contributed by atoms with Crippen LogP contribution in [-0.2, 0) is 6.42 Å². The molecule has 1 fully saturated rings. The van der Waals surface area contributed by atoms with Crippen LogP contribution in [0.15, 0.2) is 24.3 Å². The first-order valence-corrected chi connectivity index (χ1v) is 7.50. The van der Waals surface area contributed by atoms with Crippen molar-refractivity contribution < 1.29 is 0 Å². The third-order valence-corrected chi connectivity index (χ3v) is 4.36. The fourth-order valence-corrected chi connectivity index (χ4v) is 3.25. The van der Waals surface area contributed by atoms with E-state index >= 15 is 0 Å². The normalized spacial score (nSPS) is 18.8. The van der Waals surface area contributed by atoms with Gasteiger partial charge < -0.3 is 5.32 Å². The third-order valence-electron chi connectivity index (χ3n) is 4.36. The molecule has 0 aliphatic heterocycles. The lowest BCUT2D eigenvalue weighted by Crippen LogP contribution is -2.37. The van der Waals surface area contributed by atoms with Gasteiger partial charge in [0.2, 0.25) is 0 Å². The molecule has 2 rings (SSSR count). The molecule has 1 aliphatic rings. The molecule has 100 valence electrons. The third kappa shape index (κ3) is 3.58. The number of nitrogens with one attached hydrogen (secondary N) is 1. The fourth-order valence-electron chi connectivity index (χ4n) is 3.25. The molecule has 1 heteroatoms. The van der Waals surface area contributed by atoms with Gasteiger partial charge in [0.1, 0.15) is 0 Å². The second-order valence-corrected chi connectivity index (χ2v) is 6.00. The van der Waals surface area contributed by atoms with E-state index in [4.69, 9.17) is 0 Å². The summed E-state index contributed by atoms with van der Waals surface area (Å²) in [7, 11) is 0. The molecule has 0 radical (unpaired) electrons. The highest BCUT2D eigenvalue weighted by Gasteiger charge is 2.31. The van der Waals surface area contributed by atoms with E-state index in [0.29, 0.717) is 5.41 Å². The van der Waals surface area contributed by atoms with Crippen LogP contribution >= 0.6 is 0 Å². The maximum atomic E-state index is 3.59. The maximum Gasteiger partial charge on any atom is 0.00109 e. The van der Waals surface area contributed by atoms with E-state index < -0.39 is 0 Å². The predicted octanol–water partition coefficient (Wildman–Crippen LogP) is 4.10. The lowest BCUT2D eigenvalue weighted by atomic mass is 9.70. The van der Waals surface area contributed by atoms with Crippen molar-refractivity contribution in [3.8, 4) is 0 Å². The highest BCUT2D eigenvalue weighted by atomic mass is 14.9. The summed E-state index contributed by atoms with van der Waals surface area (Å²) in [6.45, 7) is 6.66. The van der Waals surface area contributed by atoms with E-state index in [-0.39, 0.29) is 0 Å². The van der Waals surface area contributed by atoms with E-state index in [2.05, 4.69) is 43.4 Å². The van der Waals surface area contributed by atoms with Crippen molar-refractivity contribution >= 4 is 0 Å². The molecule has 0 atom stereocenters. The van der Waals surface area contributed by atoms with Gasteiger partial charge in [0, 0.05) is 6.54 Å². The molecule has 1 saturated carbocycles. The molecule has 1 aromatic carbocycles. The lowest BCUT2D eigenvalue weighted by molar-refractivity contribution is 0.182. The zero-order valence-electron chi connectivity index (χ0n) is 12.0. The average Bonchev–Trinajstić information content (AvgIpc) is 2.40. The van der Waals surface area contributed by atoms with Gasteiger partial charge in [-0.05, 0) is 43.7 Å². The number of benzene rings is 1. The van der Waals surface area contributed by atoms with Crippen LogP contribution in [0.1, 0.15) is 50.2 Å². The van der Waals surface area contributed by atoms with E-state index in [1.54, 1.807) is 0 Å². The Morgan fingerprint density at radius 2 is 1.72 bits per heavy atom. The zero-order chi connectivity index (χ0) is 12.8. The van der Waals surface area contributed by atoms with Crippen molar-refractivity contribution in [2.24, 2.45) is 5.41 Å². The van der Waals surface area contributed by atoms with E-state index in [0.717, 1.165) is 6.54 Å². The van der Waals surface area contributed by atoms with Gasteiger partial charge in [0.05, 0.1) is 0 Å². The average molecular weight is 245 g/mol. The van der Waals surface area contributed by atoms with Crippen LogP contribution < -0.4 is 5.32 Å². The molecule has 0 unspecified atom stereocenters. The molecule has 0 saturated heterocycles. The molecule has 1 aromatic rings. The molecule has 0 amide bonds. The van der Waals surface area contributed by atoms with Gasteiger partial charge >= 0.3 is 0 Å². The van der Waals surface area contributed by atoms with Crippen LogP contribution in [0.3, 0.4) is 0 Å². The Kier molecular flexibility index (Phi) is 4.82. The van der Waals surface area contributed by atoms with Crippen LogP contribution in [0.4, 0.5) is 0 Å². The summed E-state index contributed by atoms with van der Waals surface area (Å²) in [5, 5.41) is 3.59. The van der Waals surface area contributed by atoms with Crippen molar-refractivity contribution in [3.05, 3.63) is 35.4 Å². The van der Waals surface area contributed by atoms with Gasteiger partial charge in [-0.25, -0.2) is 0 Å². The Morgan fingerprint density at radius 1 is 1.06 bits per heavy atom. The zero-order valence-corrected chi connectivity index (χ0v) is 12.0. The molecule has 18 heavy (non-hydrogen) atoms. The van der Waals surface area contributed by atoms with E-state index in [1.165, 1.54) is 56.2 Å². The van der Waals surface area contributed by atoms with Gasteiger partial charge in [0.15, 0.2) is 0 Å². The van der Waals surface area contributed by atoms with Crippen LogP contribution in [0.2, 0.25) is 0 Å². The van der Waals surface area contributed by atoms with Gasteiger partial charge in [-0.15, -0.1) is 0 Å². The quantitative estimate of drug-likeness (QED) is 0.823. The molecular weight excluding hydrogens is 218 g/mol. The Labute approximate surface area is 112 Å². The lowest BCUT2D eigenvalue weighted by Gasteiger charge is -2.38. The number of aryl methyl sites for hydroxylation is 1. The van der Waals surface area contributed by atoms with Crippen molar-refractivity contribution in [3.63, 3.8) is 0 Å². The molecule has 1 aliphatic carbocycles. The molecular formula is C17H27N. The largest absolute Gasteiger partial charge is 0.316 e. The Hall–Kier alpha value is -0.820. The first-order valence-electron chi connectivity index (χ1n) is 7.50. The fraction of sp³-hybridized carbons (Fsp3) is 0.647. The SMILES string of the molecule is CCNCC1(Cc2ccc(C)cc2)CCCCC1. The summed E-state index contributed by atoms with van der Waals surface area (Å²) in [6, 6.07) is 9.13. The predicted molar refractivity (Wildman–Crippen MR) is 78.9 cm³/mol. The first-order chi connectivity index (χ1) is 8.74. The van der Waals surface area contributed by atoms with Gasteiger partial charge in [-0.1, -0.05) is 56.0 Å². The van der Waals surface area contributed by atoms with Crippen LogP contribution in [0, 0.1) is 12.3 Å². The van der Waals surface area contributed by atoms with E-state index in [1.807, 2.05) is 0 Å². The highest BCUT2D eigenvalue weighted by Crippen LogP contribution is 2.38. The van der Waals surface area contributed by atoms with Crippen molar-refractivity contribution in [1.82, 2.24) is 5.32 Å². The highest BCUT2D eigenvalue weighted by molar-refractivity contribution is 5.22. The number of hydrogen-bond donors (Lipinski definition) is 1. The summed E-state index contributed by atoms with van der Waals surface area (Å²) < 4.78 is 0. The van der Waals surface area contributed by atoms with Crippen molar-refractivity contribution in [1.29, 1.82) is 0 Å². The Balaban J connectivity index is 2.06. The van der Waals surface area contributed by atoms with Crippen molar-refractivity contribution in [2.75, 3.05) is 13.1 Å². The van der Waals surface area contributed by atoms with Crippen LogP contribution in [0.5, 0.6) is 0 Å². The molecule has 0 spiro atoms. The summed E-state index contributed by atoms with van der Waals surface area (Å²) in [6.07, 6.45) is 8.30. The Bertz CT molecular complexity index is 346. The second-order valence-electron chi connectivity index (χ2n) is 6.00. The van der Waals surface area contributed by atoms with Crippen molar-refractivity contribution in [2.45, 2.75) is 52.4 Å². The minimum atomic E-state index is 0.517. The number of rotatable bonds is 5. The molecule has 1 nitrogen and oxygen atoms in total. The second kappa shape index (κ2) is 6.38. The minimum Gasteiger partial charge on any atom is -0.316 e. The van der Waals surface area contributed by atoms with Crippen LogP contribution in [-0.4, -0.2) is 13.1 Å². The topological polar surface area (TPSA) is 12.0 Å². The van der Waals surface area contributed by atoms with E-state index in [9.17, 15) is 0 Å². The molecule has 0 bridgehead atoms. The summed E-state index contributed by atoms with van der Waals surface area (Å²) in [4.78, 5) is 0. The molecule has 1 N–H and O–H groups in total. The summed E-state index contributed by atoms with van der Waals surface area (Å²) >= 11 is 0. The molecule has 0 aromatic heterocycles. The van der Waals surface area contributed by atoms with Crippen LogP contribution in [0.25, 0.3) is 0 Å². The van der Waals surface area contributed by atoms with Gasteiger partial charge in [-0.2, -0.15) is 0 Å². The minimum absolute atomic E-state index is 0.517. The van der Waals surface area contributed by atoms with Gasteiger partial charge in [-0.3, -0.25) is 0 Å². The summed E-state index contributed by atoms with van der Waals surface area (Å²) in [5.41, 5.74) is 3.40. The van der Waals surface area contributed by atoms with Gasteiger partial charge in [0.25, 0.3) is 0 Å². The standard InChI is InChI=1S/C17H27N/c1-3-18-14-17(11-5-4-6-12-17)13-16-9-7-15(2)8-10-16/h7-10,18H,3-6,11-14H2,1-2H3. The maximum absolute atomic E-state index is 3.59.